The molecule has 1 aromatic carbocycles. The highest BCUT2D eigenvalue weighted by molar-refractivity contribution is 5.26. The van der Waals surface area contributed by atoms with Crippen LogP contribution in [-0.2, 0) is 6.54 Å². The Hall–Kier alpha value is -1.68. The Morgan fingerprint density at radius 1 is 1.00 bits per heavy atom. The fourth-order valence-corrected chi connectivity index (χ4v) is 3.58. The highest BCUT2D eigenvalue weighted by Crippen LogP contribution is 2.35. The van der Waals surface area contributed by atoms with Gasteiger partial charge in [-0.25, -0.2) is 0 Å². The Morgan fingerprint density at radius 2 is 1.75 bits per heavy atom. The lowest BCUT2D eigenvalue weighted by molar-refractivity contribution is 0.438. The maximum atomic E-state index is 4.53. The van der Waals surface area contributed by atoms with E-state index >= 15 is 0 Å². The molecule has 2 aliphatic rings. The minimum absolute atomic E-state index is 0.188. The highest BCUT2D eigenvalue weighted by Gasteiger charge is 2.30. The van der Waals surface area contributed by atoms with E-state index in [4.69, 9.17) is 0 Å². The van der Waals surface area contributed by atoms with Crippen molar-refractivity contribution in [2.45, 2.75) is 44.2 Å². The Bertz CT molecular complexity index is 584. The summed E-state index contributed by atoms with van der Waals surface area (Å²) in [6, 6.07) is 10.7. The number of aromatic nitrogens is 3. The molecular weight excluding hydrogens is 248 g/mol. The standard InChI is InChI=1S/C16H20N4/c1-2-6-12(7-3-1)14-16-19-18-15(13-8-4-5-9-13)20(16)11-10-17-14/h1-3,6-7,13-14,17H,4-5,8-11H2. The van der Waals surface area contributed by atoms with Crippen LogP contribution in [0.4, 0.5) is 0 Å². The average Bonchev–Trinajstić information content (AvgIpc) is 3.16. The molecule has 1 aromatic heterocycles. The Balaban J connectivity index is 1.71. The van der Waals surface area contributed by atoms with Gasteiger partial charge in [-0.2, -0.15) is 0 Å². The monoisotopic (exact) mass is 268 g/mol. The largest absolute Gasteiger partial charge is 0.312 e. The summed E-state index contributed by atoms with van der Waals surface area (Å²) in [6.45, 7) is 1.99. The molecule has 20 heavy (non-hydrogen) atoms. The van der Waals surface area contributed by atoms with Gasteiger partial charge in [0.05, 0.1) is 6.04 Å². The molecule has 1 N–H and O–H groups in total. The summed E-state index contributed by atoms with van der Waals surface area (Å²) in [4.78, 5) is 0. The zero-order valence-electron chi connectivity index (χ0n) is 11.6. The molecular formula is C16H20N4. The first-order valence-electron chi connectivity index (χ1n) is 7.65. The number of fused-ring (bicyclic) bond motifs is 1. The second-order valence-corrected chi connectivity index (χ2v) is 5.85. The zero-order chi connectivity index (χ0) is 13.4. The number of rotatable bonds is 2. The highest BCUT2D eigenvalue weighted by atomic mass is 15.3. The predicted molar refractivity (Wildman–Crippen MR) is 77.5 cm³/mol. The first-order valence-corrected chi connectivity index (χ1v) is 7.65. The topological polar surface area (TPSA) is 42.7 Å². The molecule has 0 radical (unpaired) electrons. The Morgan fingerprint density at radius 3 is 2.55 bits per heavy atom. The quantitative estimate of drug-likeness (QED) is 0.910. The van der Waals surface area contributed by atoms with Crippen molar-refractivity contribution in [3.05, 3.63) is 47.5 Å². The third-order valence-corrected chi connectivity index (χ3v) is 4.60. The third-order valence-electron chi connectivity index (χ3n) is 4.60. The van der Waals surface area contributed by atoms with Crippen LogP contribution in [0, 0.1) is 0 Å². The van der Waals surface area contributed by atoms with Gasteiger partial charge >= 0.3 is 0 Å². The number of hydrogen-bond acceptors (Lipinski definition) is 3. The molecule has 1 unspecified atom stereocenters. The van der Waals surface area contributed by atoms with Crippen LogP contribution in [0.5, 0.6) is 0 Å². The number of nitrogens with one attached hydrogen (secondary N) is 1. The SMILES string of the molecule is c1ccc(C2NCCn3c(C4CCCC4)nnc32)cc1. The molecule has 1 fully saturated rings. The van der Waals surface area contributed by atoms with Gasteiger partial charge in [-0.3, -0.25) is 0 Å². The molecule has 2 heterocycles. The smallest absolute Gasteiger partial charge is 0.154 e. The van der Waals surface area contributed by atoms with E-state index in [-0.39, 0.29) is 6.04 Å². The molecule has 1 aliphatic heterocycles. The van der Waals surface area contributed by atoms with Gasteiger partial charge in [-0.15, -0.1) is 10.2 Å². The van der Waals surface area contributed by atoms with Gasteiger partial charge in [0.15, 0.2) is 5.82 Å². The van der Waals surface area contributed by atoms with Gasteiger partial charge in [-0.1, -0.05) is 43.2 Å². The fraction of sp³-hybridized carbons (Fsp3) is 0.500. The molecule has 0 bridgehead atoms. The predicted octanol–water partition coefficient (Wildman–Crippen LogP) is 2.63. The molecule has 0 saturated heterocycles. The molecule has 1 aliphatic carbocycles. The molecule has 1 saturated carbocycles. The van der Waals surface area contributed by atoms with E-state index in [2.05, 4.69) is 50.4 Å². The van der Waals surface area contributed by atoms with Gasteiger partial charge in [0.1, 0.15) is 5.82 Å². The van der Waals surface area contributed by atoms with Crippen molar-refractivity contribution in [1.29, 1.82) is 0 Å². The van der Waals surface area contributed by atoms with E-state index in [0.29, 0.717) is 5.92 Å². The van der Waals surface area contributed by atoms with Gasteiger partial charge in [-0.05, 0) is 18.4 Å². The zero-order valence-corrected chi connectivity index (χ0v) is 11.6. The van der Waals surface area contributed by atoms with E-state index in [1.54, 1.807) is 0 Å². The number of benzene rings is 1. The van der Waals surface area contributed by atoms with Crippen molar-refractivity contribution in [3.8, 4) is 0 Å². The van der Waals surface area contributed by atoms with E-state index < -0.39 is 0 Å². The van der Waals surface area contributed by atoms with Crippen molar-refractivity contribution in [2.24, 2.45) is 0 Å². The summed E-state index contributed by atoms with van der Waals surface area (Å²) in [5.41, 5.74) is 1.28. The minimum atomic E-state index is 0.188. The van der Waals surface area contributed by atoms with Crippen LogP contribution < -0.4 is 5.32 Å². The molecule has 104 valence electrons. The second kappa shape index (κ2) is 5.02. The lowest BCUT2D eigenvalue weighted by atomic mass is 10.0. The molecule has 0 amide bonds. The van der Waals surface area contributed by atoms with Gasteiger partial charge in [0.25, 0.3) is 0 Å². The van der Waals surface area contributed by atoms with E-state index in [9.17, 15) is 0 Å². The average molecular weight is 268 g/mol. The summed E-state index contributed by atoms with van der Waals surface area (Å²) < 4.78 is 2.37. The maximum absolute atomic E-state index is 4.53. The van der Waals surface area contributed by atoms with Crippen molar-refractivity contribution in [2.75, 3.05) is 6.54 Å². The van der Waals surface area contributed by atoms with Gasteiger partial charge in [0.2, 0.25) is 0 Å². The Kier molecular flexibility index (Phi) is 3.03. The van der Waals surface area contributed by atoms with Crippen LogP contribution in [0.3, 0.4) is 0 Å². The normalized spacial score (nSPS) is 22.9. The van der Waals surface area contributed by atoms with Gasteiger partial charge < -0.3 is 9.88 Å². The molecule has 4 heteroatoms. The van der Waals surface area contributed by atoms with Crippen LogP contribution in [0.25, 0.3) is 0 Å². The van der Waals surface area contributed by atoms with E-state index in [1.165, 1.54) is 37.1 Å². The molecule has 4 rings (SSSR count). The van der Waals surface area contributed by atoms with Crippen molar-refractivity contribution < 1.29 is 0 Å². The van der Waals surface area contributed by atoms with Crippen LogP contribution in [0.2, 0.25) is 0 Å². The summed E-state index contributed by atoms with van der Waals surface area (Å²) >= 11 is 0. The number of hydrogen-bond donors (Lipinski definition) is 1. The summed E-state index contributed by atoms with van der Waals surface area (Å²) in [7, 11) is 0. The lowest BCUT2D eigenvalue weighted by Crippen LogP contribution is -2.35. The van der Waals surface area contributed by atoms with Crippen molar-refractivity contribution in [3.63, 3.8) is 0 Å². The van der Waals surface area contributed by atoms with Crippen LogP contribution in [0.1, 0.15) is 54.9 Å². The minimum Gasteiger partial charge on any atom is -0.312 e. The van der Waals surface area contributed by atoms with Crippen LogP contribution >= 0.6 is 0 Å². The second-order valence-electron chi connectivity index (χ2n) is 5.85. The van der Waals surface area contributed by atoms with E-state index in [1.807, 2.05) is 0 Å². The fourth-order valence-electron chi connectivity index (χ4n) is 3.58. The van der Waals surface area contributed by atoms with Crippen molar-refractivity contribution in [1.82, 2.24) is 20.1 Å². The maximum Gasteiger partial charge on any atom is 0.154 e. The Labute approximate surface area is 119 Å². The first kappa shape index (κ1) is 12.1. The number of nitrogens with zero attached hydrogens (tertiary/aromatic N) is 3. The van der Waals surface area contributed by atoms with E-state index in [0.717, 1.165) is 18.9 Å². The van der Waals surface area contributed by atoms with Crippen LogP contribution in [0.15, 0.2) is 30.3 Å². The summed E-state index contributed by atoms with van der Waals surface area (Å²) in [5, 5.41) is 12.6. The third kappa shape index (κ3) is 1.95. The molecule has 1 atom stereocenters. The van der Waals surface area contributed by atoms with Gasteiger partial charge in [0, 0.05) is 19.0 Å². The molecule has 0 spiro atoms. The first-order chi connectivity index (χ1) is 9.93. The summed E-state index contributed by atoms with van der Waals surface area (Å²) in [6.07, 6.45) is 5.24. The van der Waals surface area contributed by atoms with Crippen molar-refractivity contribution >= 4 is 0 Å². The lowest BCUT2D eigenvalue weighted by Gasteiger charge is -2.26. The molecule has 2 aromatic rings. The summed E-state index contributed by atoms with van der Waals surface area (Å²) in [5.74, 6) is 2.94. The van der Waals surface area contributed by atoms with Crippen LogP contribution in [-0.4, -0.2) is 21.3 Å². The molecule has 4 nitrogen and oxygen atoms in total.